The molecule has 146 valence electrons. The predicted octanol–water partition coefficient (Wildman–Crippen LogP) is 4.50. The van der Waals surface area contributed by atoms with E-state index in [1.54, 1.807) is 41.9 Å². The van der Waals surface area contributed by atoms with Gasteiger partial charge in [0.15, 0.2) is 0 Å². The van der Waals surface area contributed by atoms with Crippen molar-refractivity contribution < 1.29 is 9.53 Å². The zero-order valence-corrected chi connectivity index (χ0v) is 16.8. The topological polar surface area (TPSA) is 71.1 Å². The number of pyridine rings is 1. The number of nitrogens with one attached hydrogen (secondary N) is 1. The smallest absolute Gasteiger partial charge is 0.254 e. The summed E-state index contributed by atoms with van der Waals surface area (Å²) in [4.78, 5) is 20.2. The average molecular weight is 404 g/mol. The number of rotatable bonds is 6. The van der Waals surface area contributed by atoms with Crippen molar-refractivity contribution in [2.24, 2.45) is 0 Å². The van der Waals surface area contributed by atoms with Crippen LogP contribution in [0, 0.1) is 0 Å². The number of aromatic amines is 1. The van der Waals surface area contributed by atoms with Gasteiger partial charge >= 0.3 is 0 Å². The van der Waals surface area contributed by atoms with Gasteiger partial charge in [-0.1, -0.05) is 6.07 Å². The van der Waals surface area contributed by atoms with Crippen LogP contribution in [-0.2, 0) is 6.54 Å². The minimum Gasteiger partial charge on any atom is -0.490 e. The first-order valence-corrected chi connectivity index (χ1v) is 10.4. The summed E-state index contributed by atoms with van der Waals surface area (Å²) in [6, 6.07) is 9.84. The molecule has 0 radical (unpaired) electrons. The zero-order valence-electron chi connectivity index (χ0n) is 16.0. The Balaban J connectivity index is 1.42. The van der Waals surface area contributed by atoms with Crippen molar-refractivity contribution in [2.45, 2.75) is 25.5 Å². The van der Waals surface area contributed by atoms with E-state index in [-0.39, 0.29) is 12.0 Å². The Bertz CT molecular complexity index is 1160. The lowest BCUT2D eigenvalue weighted by molar-refractivity contribution is 0.0785. The van der Waals surface area contributed by atoms with Crippen molar-refractivity contribution >= 4 is 28.1 Å². The number of hydrogen-bond donors (Lipinski definition) is 1. The highest BCUT2D eigenvalue weighted by Gasteiger charge is 2.26. The van der Waals surface area contributed by atoms with Gasteiger partial charge in [-0.05, 0) is 42.5 Å². The third-order valence-corrected chi connectivity index (χ3v) is 5.92. The maximum absolute atomic E-state index is 13.1. The fourth-order valence-electron chi connectivity index (χ4n) is 3.34. The second kappa shape index (κ2) is 7.33. The first kappa shape index (κ1) is 17.9. The predicted molar refractivity (Wildman–Crippen MR) is 113 cm³/mol. The average Bonchev–Trinajstić information content (AvgIpc) is 3.20. The molecule has 6 nitrogen and oxygen atoms in total. The van der Waals surface area contributed by atoms with Crippen molar-refractivity contribution in [3.05, 3.63) is 65.4 Å². The highest BCUT2D eigenvalue weighted by atomic mass is 32.1. The van der Waals surface area contributed by atoms with Crippen molar-refractivity contribution in [1.82, 2.24) is 20.1 Å². The van der Waals surface area contributed by atoms with Crippen LogP contribution in [0.25, 0.3) is 21.3 Å². The molecule has 1 fully saturated rings. The highest BCUT2D eigenvalue weighted by molar-refractivity contribution is 7.13. The molecule has 0 unspecified atom stereocenters. The third kappa shape index (κ3) is 3.61. The molecule has 1 aliphatic carbocycles. The lowest BCUT2D eigenvalue weighted by Gasteiger charge is -2.19. The Morgan fingerprint density at radius 1 is 1.28 bits per heavy atom. The van der Waals surface area contributed by atoms with E-state index in [2.05, 4.69) is 21.2 Å². The van der Waals surface area contributed by atoms with Gasteiger partial charge in [0.25, 0.3) is 5.91 Å². The van der Waals surface area contributed by atoms with Crippen LogP contribution in [0.2, 0.25) is 0 Å². The van der Waals surface area contributed by atoms with Crippen LogP contribution >= 0.6 is 11.3 Å². The van der Waals surface area contributed by atoms with Gasteiger partial charge in [0.1, 0.15) is 5.75 Å². The number of amides is 1. The maximum Gasteiger partial charge on any atom is 0.254 e. The molecule has 5 rings (SSSR count). The van der Waals surface area contributed by atoms with Crippen LogP contribution in [0.5, 0.6) is 5.75 Å². The standard InChI is InChI=1S/C22H20N4O2S/c1-26(13-16-11-23-10-15-12-24-25-21(15)16)22(27)14-4-7-18(20-3-2-8-29-20)19(9-14)28-17-5-6-17/h2-4,7-12,17H,5-6,13H2,1H3,(H,24,25). The molecular formula is C22H20N4O2S. The van der Waals surface area contributed by atoms with E-state index < -0.39 is 0 Å². The van der Waals surface area contributed by atoms with Gasteiger partial charge in [-0.2, -0.15) is 5.10 Å². The molecule has 7 heteroatoms. The Labute approximate surface area is 172 Å². The quantitative estimate of drug-likeness (QED) is 0.514. The number of carbonyl (C=O) groups excluding carboxylic acids is 1. The Morgan fingerprint density at radius 2 is 2.17 bits per heavy atom. The number of nitrogens with zero attached hydrogens (tertiary/aromatic N) is 3. The fourth-order valence-corrected chi connectivity index (χ4v) is 4.10. The number of carbonyl (C=O) groups is 1. The number of fused-ring (bicyclic) bond motifs is 1. The molecule has 3 heterocycles. The summed E-state index contributed by atoms with van der Waals surface area (Å²) >= 11 is 1.67. The van der Waals surface area contributed by atoms with Crippen LogP contribution in [0.15, 0.2) is 54.3 Å². The molecule has 29 heavy (non-hydrogen) atoms. The number of hydrogen-bond acceptors (Lipinski definition) is 5. The minimum absolute atomic E-state index is 0.0557. The third-order valence-electron chi connectivity index (χ3n) is 5.02. The monoisotopic (exact) mass is 404 g/mol. The van der Waals surface area contributed by atoms with Crippen LogP contribution in [0.3, 0.4) is 0 Å². The number of benzene rings is 1. The van der Waals surface area contributed by atoms with Crippen LogP contribution in [0.1, 0.15) is 28.8 Å². The summed E-state index contributed by atoms with van der Waals surface area (Å²) in [5.74, 6) is 0.728. The molecule has 1 N–H and O–H groups in total. The summed E-state index contributed by atoms with van der Waals surface area (Å²) in [6.45, 7) is 0.441. The molecular weight excluding hydrogens is 384 g/mol. The summed E-state index contributed by atoms with van der Waals surface area (Å²) in [5, 5.41) is 10.0. The van der Waals surface area contributed by atoms with E-state index in [9.17, 15) is 4.79 Å². The first-order chi connectivity index (χ1) is 14.2. The Kier molecular flexibility index (Phi) is 4.52. The number of H-pyrrole nitrogens is 1. The van der Waals surface area contributed by atoms with Gasteiger partial charge in [0, 0.05) is 52.9 Å². The Morgan fingerprint density at radius 3 is 2.97 bits per heavy atom. The molecule has 0 atom stereocenters. The van der Waals surface area contributed by atoms with E-state index >= 15 is 0 Å². The van der Waals surface area contributed by atoms with Crippen LogP contribution < -0.4 is 4.74 Å². The van der Waals surface area contributed by atoms with E-state index in [0.29, 0.717) is 12.1 Å². The number of aromatic nitrogens is 3. The van der Waals surface area contributed by atoms with E-state index in [1.165, 1.54) is 0 Å². The van der Waals surface area contributed by atoms with Crippen molar-refractivity contribution in [3.63, 3.8) is 0 Å². The summed E-state index contributed by atoms with van der Waals surface area (Å²) in [5.41, 5.74) is 3.50. The van der Waals surface area contributed by atoms with Gasteiger partial charge < -0.3 is 9.64 Å². The van der Waals surface area contributed by atoms with Crippen LogP contribution in [-0.4, -0.2) is 39.1 Å². The minimum atomic E-state index is -0.0557. The first-order valence-electron chi connectivity index (χ1n) is 9.55. The largest absolute Gasteiger partial charge is 0.490 e. The van der Waals surface area contributed by atoms with Crippen molar-refractivity contribution in [1.29, 1.82) is 0 Å². The zero-order chi connectivity index (χ0) is 19.8. The highest BCUT2D eigenvalue weighted by Crippen LogP contribution is 2.37. The number of ether oxygens (including phenoxy) is 1. The SMILES string of the molecule is CN(Cc1cncc2cn[nH]c12)C(=O)c1ccc(-c2cccs2)c(OC2CC2)c1. The van der Waals surface area contributed by atoms with Gasteiger partial charge in [-0.3, -0.25) is 14.9 Å². The molecule has 1 amide bonds. The molecule has 1 aliphatic rings. The summed E-state index contributed by atoms with van der Waals surface area (Å²) in [6.07, 6.45) is 7.67. The van der Waals surface area contributed by atoms with Gasteiger partial charge in [0.2, 0.25) is 0 Å². The lowest BCUT2D eigenvalue weighted by atomic mass is 10.1. The van der Waals surface area contributed by atoms with Crippen molar-refractivity contribution in [3.8, 4) is 16.2 Å². The normalized spacial score (nSPS) is 13.6. The van der Waals surface area contributed by atoms with E-state index in [4.69, 9.17) is 4.74 Å². The number of thiophene rings is 1. The lowest BCUT2D eigenvalue weighted by Crippen LogP contribution is -2.26. The second-order valence-corrected chi connectivity index (χ2v) is 8.25. The summed E-state index contributed by atoms with van der Waals surface area (Å²) < 4.78 is 6.13. The summed E-state index contributed by atoms with van der Waals surface area (Å²) in [7, 11) is 1.80. The Hall–Kier alpha value is -3.19. The molecule has 1 aromatic carbocycles. The molecule has 0 aliphatic heterocycles. The molecule has 0 bridgehead atoms. The van der Waals surface area contributed by atoms with Crippen LogP contribution in [0.4, 0.5) is 0 Å². The van der Waals surface area contributed by atoms with Gasteiger partial charge in [-0.25, -0.2) is 0 Å². The fraction of sp³-hybridized carbons (Fsp3) is 0.227. The van der Waals surface area contributed by atoms with Gasteiger partial charge in [-0.15, -0.1) is 11.3 Å². The molecule has 0 saturated heterocycles. The van der Waals surface area contributed by atoms with Crippen molar-refractivity contribution in [2.75, 3.05) is 7.05 Å². The molecule has 1 saturated carbocycles. The van der Waals surface area contributed by atoms with E-state index in [1.807, 2.05) is 29.6 Å². The van der Waals surface area contributed by atoms with E-state index in [0.717, 1.165) is 45.5 Å². The molecule has 4 aromatic rings. The maximum atomic E-state index is 13.1. The second-order valence-electron chi connectivity index (χ2n) is 7.30. The van der Waals surface area contributed by atoms with Gasteiger partial charge in [0.05, 0.1) is 17.8 Å². The molecule has 3 aromatic heterocycles. The molecule has 0 spiro atoms.